The Morgan fingerprint density at radius 1 is 1.47 bits per heavy atom. The van der Waals surface area contributed by atoms with Crippen molar-refractivity contribution in [3.05, 3.63) is 0 Å². The summed E-state index contributed by atoms with van der Waals surface area (Å²) in [5.74, 6) is -0.265. The van der Waals surface area contributed by atoms with E-state index >= 15 is 0 Å². The van der Waals surface area contributed by atoms with Crippen molar-refractivity contribution in [2.24, 2.45) is 11.3 Å². The first-order chi connectivity index (χ1) is 6.78. The second-order valence-corrected chi connectivity index (χ2v) is 6.19. The van der Waals surface area contributed by atoms with Crippen molar-refractivity contribution >= 4 is 15.9 Å². The standard InChI is InChI=1S/C9H18N2O3S/c1-7(2)9(4-5-10-6-9)8(12)11-15(3,13)14/h7,10H,4-6H2,1-3H3,(H,11,12). The number of sulfonamides is 1. The molecule has 2 N–H and O–H groups in total. The van der Waals surface area contributed by atoms with E-state index in [0.29, 0.717) is 13.0 Å². The third-order valence-corrected chi connectivity index (χ3v) is 3.58. The molecule has 1 heterocycles. The lowest BCUT2D eigenvalue weighted by Crippen LogP contribution is -2.47. The Kier molecular flexibility index (Phi) is 3.40. The van der Waals surface area contributed by atoms with E-state index < -0.39 is 15.4 Å². The van der Waals surface area contributed by atoms with Crippen LogP contribution in [-0.2, 0) is 14.8 Å². The first kappa shape index (κ1) is 12.4. The van der Waals surface area contributed by atoms with Crippen LogP contribution in [0, 0.1) is 11.3 Å². The summed E-state index contributed by atoms with van der Waals surface area (Å²) in [7, 11) is -3.46. The SMILES string of the molecule is CC(C)C1(C(=O)NS(C)(=O)=O)CCNC1. The minimum Gasteiger partial charge on any atom is -0.316 e. The van der Waals surface area contributed by atoms with Gasteiger partial charge in [0.1, 0.15) is 0 Å². The van der Waals surface area contributed by atoms with Crippen LogP contribution < -0.4 is 10.0 Å². The smallest absolute Gasteiger partial charge is 0.241 e. The van der Waals surface area contributed by atoms with Crippen LogP contribution in [0.3, 0.4) is 0 Å². The molecule has 6 heteroatoms. The molecule has 1 atom stereocenters. The van der Waals surface area contributed by atoms with E-state index in [0.717, 1.165) is 12.8 Å². The van der Waals surface area contributed by atoms with Gasteiger partial charge in [-0.05, 0) is 18.9 Å². The van der Waals surface area contributed by atoms with Crippen molar-refractivity contribution in [2.45, 2.75) is 20.3 Å². The maximum absolute atomic E-state index is 11.9. The van der Waals surface area contributed by atoms with Crippen LogP contribution in [0.5, 0.6) is 0 Å². The Labute approximate surface area is 90.7 Å². The lowest BCUT2D eigenvalue weighted by atomic mass is 9.76. The molecular formula is C9H18N2O3S. The maximum atomic E-state index is 11.9. The van der Waals surface area contributed by atoms with Gasteiger partial charge < -0.3 is 5.32 Å². The second-order valence-electron chi connectivity index (χ2n) is 4.44. The van der Waals surface area contributed by atoms with Gasteiger partial charge in [0.2, 0.25) is 15.9 Å². The molecule has 1 aliphatic rings. The van der Waals surface area contributed by atoms with Gasteiger partial charge in [0.15, 0.2) is 0 Å². The molecule has 1 aliphatic heterocycles. The molecule has 1 saturated heterocycles. The van der Waals surface area contributed by atoms with Crippen LogP contribution in [0.4, 0.5) is 0 Å². The normalized spacial score (nSPS) is 26.9. The number of amides is 1. The zero-order valence-corrected chi connectivity index (χ0v) is 10.1. The summed E-state index contributed by atoms with van der Waals surface area (Å²) in [6, 6.07) is 0. The summed E-state index contributed by atoms with van der Waals surface area (Å²) in [6.45, 7) is 5.19. The summed E-state index contributed by atoms with van der Waals surface area (Å²) in [5.41, 5.74) is -0.580. The zero-order chi connectivity index (χ0) is 11.7. The Morgan fingerprint density at radius 3 is 2.40 bits per heavy atom. The predicted octanol–water partition coefficient (Wildman–Crippen LogP) is -0.302. The predicted molar refractivity (Wildman–Crippen MR) is 57.7 cm³/mol. The Hall–Kier alpha value is -0.620. The number of rotatable bonds is 3. The first-order valence-corrected chi connectivity index (χ1v) is 6.90. The molecule has 0 aromatic heterocycles. The molecule has 0 spiro atoms. The molecule has 5 nitrogen and oxygen atoms in total. The molecule has 0 aliphatic carbocycles. The van der Waals surface area contributed by atoms with Crippen molar-refractivity contribution < 1.29 is 13.2 Å². The Bertz CT molecular complexity index is 342. The van der Waals surface area contributed by atoms with E-state index in [9.17, 15) is 13.2 Å². The zero-order valence-electron chi connectivity index (χ0n) is 9.33. The van der Waals surface area contributed by atoms with Crippen molar-refractivity contribution in [3.63, 3.8) is 0 Å². The molecule has 0 aromatic rings. The summed E-state index contributed by atoms with van der Waals surface area (Å²) in [5, 5.41) is 3.11. The summed E-state index contributed by atoms with van der Waals surface area (Å²) in [6.07, 6.45) is 1.69. The summed E-state index contributed by atoms with van der Waals surface area (Å²) < 4.78 is 24.1. The average Bonchev–Trinajstić information content (AvgIpc) is 2.48. The fourth-order valence-corrected chi connectivity index (χ4v) is 2.47. The minimum atomic E-state index is -3.46. The highest BCUT2D eigenvalue weighted by Crippen LogP contribution is 2.34. The minimum absolute atomic E-state index is 0.120. The van der Waals surface area contributed by atoms with Gasteiger partial charge in [0.05, 0.1) is 11.7 Å². The topological polar surface area (TPSA) is 75.3 Å². The van der Waals surface area contributed by atoms with E-state index in [1.807, 2.05) is 13.8 Å². The van der Waals surface area contributed by atoms with E-state index in [4.69, 9.17) is 0 Å². The molecule has 1 fully saturated rings. The Balaban J connectivity index is 2.87. The van der Waals surface area contributed by atoms with Crippen molar-refractivity contribution in [1.29, 1.82) is 0 Å². The van der Waals surface area contributed by atoms with Gasteiger partial charge in [-0.1, -0.05) is 13.8 Å². The molecule has 88 valence electrons. The van der Waals surface area contributed by atoms with Crippen LogP contribution in [0.1, 0.15) is 20.3 Å². The average molecular weight is 234 g/mol. The summed E-state index contributed by atoms with van der Waals surface area (Å²) >= 11 is 0. The number of carbonyl (C=O) groups excluding carboxylic acids is 1. The van der Waals surface area contributed by atoms with E-state index in [1.54, 1.807) is 0 Å². The van der Waals surface area contributed by atoms with Crippen LogP contribution >= 0.6 is 0 Å². The van der Waals surface area contributed by atoms with Gasteiger partial charge >= 0.3 is 0 Å². The molecule has 0 aromatic carbocycles. The highest BCUT2D eigenvalue weighted by molar-refractivity contribution is 7.89. The third kappa shape index (κ3) is 2.69. The van der Waals surface area contributed by atoms with Gasteiger partial charge in [-0.15, -0.1) is 0 Å². The lowest BCUT2D eigenvalue weighted by Gasteiger charge is -2.30. The second kappa shape index (κ2) is 4.09. The van der Waals surface area contributed by atoms with Crippen LogP contribution in [0.15, 0.2) is 0 Å². The van der Waals surface area contributed by atoms with Crippen molar-refractivity contribution in [3.8, 4) is 0 Å². The number of hydrogen-bond acceptors (Lipinski definition) is 4. The van der Waals surface area contributed by atoms with E-state index in [2.05, 4.69) is 10.0 Å². The monoisotopic (exact) mass is 234 g/mol. The van der Waals surface area contributed by atoms with E-state index in [-0.39, 0.29) is 11.8 Å². The van der Waals surface area contributed by atoms with E-state index in [1.165, 1.54) is 0 Å². The number of nitrogens with one attached hydrogen (secondary N) is 2. The fraction of sp³-hybridized carbons (Fsp3) is 0.889. The summed E-state index contributed by atoms with van der Waals surface area (Å²) in [4.78, 5) is 11.9. The molecule has 1 amide bonds. The molecular weight excluding hydrogens is 216 g/mol. The van der Waals surface area contributed by atoms with Crippen molar-refractivity contribution in [1.82, 2.24) is 10.0 Å². The Morgan fingerprint density at radius 2 is 2.07 bits per heavy atom. The number of hydrogen-bond donors (Lipinski definition) is 2. The maximum Gasteiger partial charge on any atom is 0.241 e. The van der Waals surface area contributed by atoms with Crippen LogP contribution in [0.2, 0.25) is 0 Å². The molecule has 0 bridgehead atoms. The van der Waals surface area contributed by atoms with Crippen LogP contribution in [-0.4, -0.2) is 33.7 Å². The first-order valence-electron chi connectivity index (χ1n) is 5.01. The van der Waals surface area contributed by atoms with Crippen molar-refractivity contribution in [2.75, 3.05) is 19.3 Å². The molecule has 15 heavy (non-hydrogen) atoms. The molecule has 1 unspecified atom stereocenters. The highest BCUT2D eigenvalue weighted by Gasteiger charge is 2.44. The van der Waals surface area contributed by atoms with Crippen LogP contribution in [0.25, 0.3) is 0 Å². The fourth-order valence-electron chi connectivity index (χ4n) is 1.93. The lowest BCUT2D eigenvalue weighted by molar-refractivity contribution is -0.130. The largest absolute Gasteiger partial charge is 0.316 e. The molecule has 0 radical (unpaired) electrons. The van der Waals surface area contributed by atoms with Gasteiger partial charge in [0.25, 0.3) is 0 Å². The molecule has 1 rings (SSSR count). The third-order valence-electron chi connectivity index (χ3n) is 3.02. The highest BCUT2D eigenvalue weighted by atomic mass is 32.2. The number of carbonyl (C=O) groups is 1. The molecule has 0 saturated carbocycles. The van der Waals surface area contributed by atoms with Gasteiger partial charge in [-0.25, -0.2) is 8.42 Å². The van der Waals surface area contributed by atoms with Gasteiger partial charge in [0, 0.05) is 6.54 Å². The quantitative estimate of drug-likeness (QED) is 0.703. The van der Waals surface area contributed by atoms with Gasteiger partial charge in [-0.2, -0.15) is 0 Å². The van der Waals surface area contributed by atoms with Gasteiger partial charge in [-0.3, -0.25) is 9.52 Å².